The van der Waals surface area contributed by atoms with Crippen LogP contribution in [0.25, 0.3) is 22.3 Å². The number of para-hydroxylation sites is 1. The summed E-state index contributed by atoms with van der Waals surface area (Å²) in [5, 5.41) is -0.777. The molecule has 0 saturated heterocycles. The molecule has 0 radical (unpaired) electrons. The highest BCUT2D eigenvalue weighted by Gasteiger charge is 2.35. The second-order valence-corrected chi connectivity index (χ2v) is 5.10. The molecule has 8 heteroatoms. The van der Waals surface area contributed by atoms with Crippen molar-refractivity contribution in [1.29, 1.82) is 0 Å². The molecule has 2 aromatic carbocycles. The van der Waals surface area contributed by atoms with Crippen LogP contribution in [0.1, 0.15) is 5.56 Å². The van der Waals surface area contributed by atoms with Crippen molar-refractivity contribution in [2.75, 3.05) is 0 Å². The van der Waals surface area contributed by atoms with Crippen molar-refractivity contribution in [1.82, 2.24) is 9.97 Å². The Morgan fingerprint density at radius 1 is 1.09 bits per heavy atom. The number of halogens is 5. The number of hydrogen-bond acceptors (Lipinski definition) is 2. The Kier molecular flexibility index (Phi) is 3.60. The summed E-state index contributed by atoms with van der Waals surface area (Å²) in [4.78, 5) is 18.4. The maximum Gasteiger partial charge on any atom is 0.417 e. The van der Waals surface area contributed by atoms with Gasteiger partial charge in [-0.2, -0.15) is 13.2 Å². The topological polar surface area (TPSA) is 45.8 Å². The van der Waals surface area contributed by atoms with Crippen LogP contribution in [0.3, 0.4) is 0 Å². The first-order chi connectivity index (χ1) is 10.8. The lowest BCUT2D eigenvalue weighted by Crippen LogP contribution is -2.11. The van der Waals surface area contributed by atoms with E-state index >= 15 is 0 Å². The monoisotopic (exact) mass is 342 g/mol. The van der Waals surface area contributed by atoms with Gasteiger partial charge in [0.15, 0.2) is 5.82 Å². The number of H-pyrrole nitrogens is 1. The van der Waals surface area contributed by atoms with Gasteiger partial charge in [0, 0.05) is 0 Å². The molecule has 1 N–H and O–H groups in total. The second-order valence-electron chi connectivity index (χ2n) is 4.72. The Bertz CT molecular complexity index is 966. The second kappa shape index (κ2) is 5.34. The van der Waals surface area contributed by atoms with Crippen LogP contribution in [0.15, 0.2) is 41.2 Å². The van der Waals surface area contributed by atoms with Crippen LogP contribution in [-0.4, -0.2) is 9.97 Å². The third-order valence-electron chi connectivity index (χ3n) is 3.26. The maximum absolute atomic E-state index is 14.2. The fourth-order valence-electron chi connectivity index (χ4n) is 2.17. The average Bonchev–Trinajstić information content (AvgIpc) is 2.48. The van der Waals surface area contributed by atoms with Gasteiger partial charge in [-0.15, -0.1) is 0 Å². The van der Waals surface area contributed by atoms with E-state index in [9.17, 15) is 22.4 Å². The van der Waals surface area contributed by atoms with Gasteiger partial charge in [-0.3, -0.25) is 4.79 Å². The lowest BCUT2D eigenvalue weighted by Gasteiger charge is -2.12. The first-order valence-corrected chi connectivity index (χ1v) is 6.71. The molecule has 0 spiro atoms. The van der Waals surface area contributed by atoms with Crippen LogP contribution >= 0.6 is 11.6 Å². The summed E-state index contributed by atoms with van der Waals surface area (Å²) in [6.07, 6.45) is -4.78. The molecule has 0 aliphatic heterocycles. The number of aromatic amines is 1. The van der Waals surface area contributed by atoms with Crippen molar-refractivity contribution in [3.63, 3.8) is 0 Å². The first kappa shape index (κ1) is 15.5. The summed E-state index contributed by atoms with van der Waals surface area (Å²) in [6.45, 7) is 0. The van der Waals surface area contributed by atoms with Gasteiger partial charge < -0.3 is 4.98 Å². The van der Waals surface area contributed by atoms with E-state index in [1.54, 1.807) is 12.1 Å². The summed E-state index contributed by atoms with van der Waals surface area (Å²) >= 11 is 5.48. The zero-order valence-corrected chi connectivity index (χ0v) is 12.0. The molecule has 118 valence electrons. The number of aromatic nitrogens is 2. The summed E-state index contributed by atoms with van der Waals surface area (Å²) < 4.78 is 52.3. The fourth-order valence-corrected chi connectivity index (χ4v) is 2.44. The lowest BCUT2D eigenvalue weighted by molar-refractivity contribution is -0.137. The van der Waals surface area contributed by atoms with Gasteiger partial charge in [0.25, 0.3) is 5.56 Å². The Morgan fingerprint density at radius 3 is 2.48 bits per heavy atom. The van der Waals surface area contributed by atoms with Crippen molar-refractivity contribution >= 4 is 22.5 Å². The molecule has 0 unspecified atom stereocenters. The van der Waals surface area contributed by atoms with Crippen LogP contribution in [-0.2, 0) is 6.18 Å². The minimum absolute atomic E-state index is 0.193. The minimum Gasteiger partial charge on any atom is -0.306 e. The first-order valence-electron chi connectivity index (χ1n) is 6.33. The number of alkyl halides is 3. The molecule has 1 heterocycles. The number of nitrogens with zero attached hydrogens (tertiary/aromatic N) is 1. The summed E-state index contributed by atoms with van der Waals surface area (Å²) in [5.41, 5.74) is -1.84. The Labute approximate surface area is 131 Å². The molecule has 0 fully saturated rings. The van der Waals surface area contributed by atoms with Gasteiger partial charge in [-0.25, -0.2) is 9.37 Å². The molecular formula is C15H7ClF4N2O. The predicted molar refractivity (Wildman–Crippen MR) is 77.8 cm³/mol. The number of nitrogens with one attached hydrogen (secondary N) is 1. The van der Waals surface area contributed by atoms with Crippen molar-refractivity contribution in [2.24, 2.45) is 0 Å². The summed E-state index contributed by atoms with van der Waals surface area (Å²) in [7, 11) is 0. The number of benzene rings is 2. The van der Waals surface area contributed by atoms with E-state index in [4.69, 9.17) is 11.6 Å². The van der Waals surface area contributed by atoms with Gasteiger partial charge in [0.1, 0.15) is 5.82 Å². The van der Waals surface area contributed by atoms with Crippen molar-refractivity contribution in [2.45, 2.75) is 6.18 Å². The van der Waals surface area contributed by atoms with Crippen LogP contribution in [0.2, 0.25) is 5.02 Å². The van der Waals surface area contributed by atoms with E-state index in [0.717, 1.165) is 6.07 Å². The molecule has 3 rings (SSSR count). The zero-order chi connectivity index (χ0) is 16.8. The molecule has 1 aromatic heterocycles. The lowest BCUT2D eigenvalue weighted by atomic mass is 10.1. The van der Waals surface area contributed by atoms with E-state index in [-0.39, 0.29) is 16.8 Å². The van der Waals surface area contributed by atoms with E-state index in [1.807, 2.05) is 0 Å². The number of rotatable bonds is 1. The van der Waals surface area contributed by atoms with Crippen molar-refractivity contribution in [3.05, 3.63) is 63.2 Å². The maximum atomic E-state index is 14.2. The molecule has 0 atom stereocenters. The van der Waals surface area contributed by atoms with Crippen LogP contribution in [0.5, 0.6) is 0 Å². The number of hydrogen-bond donors (Lipinski definition) is 1. The minimum atomic E-state index is -4.78. The normalized spacial score (nSPS) is 11.9. The molecular weight excluding hydrogens is 336 g/mol. The molecule has 0 aliphatic rings. The third-order valence-corrected chi connectivity index (χ3v) is 3.63. The SMILES string of the molecule is O=c1[nH]c(-c2ccc(C(F)(F)F)c(Cl)c2F)nc2ccccc12. The van der Waals surface area contributed by atoms with Gasteiger partial charge in [-0.1, -0.05) is 23.7 Å². The molecule has 0 saturated carbocycles. The fraction of sp³-hybridized carbons (Fsp3) is 0.0667. The standard InChI is InChI=1S/C15H7ClF4N2O/c16-11-9(15(18,19)20)6-5-8(12(11)17)13-21-10-4-2-1-3-7(10)14(23)22-13/h1-6H,(H,21,22,23). The van der Waals surface area contributed by atoms with Gasteiger partial charge in [0.05, 0.1) is 27.1 Å². The highest BCUT2D eigenvalue weighted by atomic mass is 35.5. The molecule has 0 aliphatic carbocycles. The molecule has 0 bridgehead atoms. The molecule has 23 heavy (non-hydrogen) atoms. The van der Waals surface area contributed by atoms with Crippen LogP contribution < -0.4 is 5.56 Å². The third kappa shape index (κ3) is 2.68. The quantitative estimate of drug-likeness (QED) is 0.666. The van der Waals surface area contributed by atoms with E-state index in [2.05, 4.69) is 9.97 Å². The van der Waals surface area contributed by atoms with E-state index in [1.165, 1.54) is 12.1 Å². The highest BCUT2D eigenvalue weighted by molar-refractivity contribution is 6.31. The number of fused-ring (bicyclic) bond motifs is 1. The average molecular weight is 343 g/mol. The Balaban J connectivity index is 2.24. The summed E-state index contributed by atoms with van der Waals surface area (Å²) in [5.74, 6) is -1.48. The van der Waals surface area contributed by atoms with Gasteiger partial charge in [-0.05, 0) is 24.3 Å². The van der Waals surface area contributed by atoms with Gasteiger partial charge in [0.2, 0.25) is 0 Å². The van der Waals surface area contributed by atoms with E-state index in [0.29, 0.717) is 11.6 Å². The highest BCUT2D eigenvalue weighted by Crippen LogP contribution is 2.38. The van der Waals surface area contributed by atoms with Crippen LogP contribution in [0.4, 0.5) is 17.6 Å². The Morgan fingerprint density at radius 2 is 1.78 bits per heavy atom. The smallest absolute Gasteiger partial charge is 0.306 e. The largest absolute Gasteiger partial charge is 0.417 e. The molecule has 3 nitrogen and oxygen atoms in total. The van der Waals surface area contributed by atoms with Crippen LogP contribution in [0, 0.1) is 5.82 Å². The van der Waals surface area contributed by atoms with Crippen molar-refractivity contribution in [3.8, 4) is 11.4 Å². The van der Waals surface area contributed by atoms with E-state index < -0.39 is 28.1 Å². The predicted octanol–water partition coefficient (Wildman–Crippen LogP) is 4.40. The molecule has 3 aromatic rings. The molecule has 0 amide bonds. The van der Waals surface area contributed by atoms with Crippen molar-refractivity contribution < 1.29 is 17.6 Å². The zero-order valence-electron chi connectivity index (χ0n) is 11.2. The summed E-state index contributed by atoms with van der Waals surface area (Å²) in [6, 6.07) is 7.87. The Hall–Kier alpha value is -2.41. The van der Waals surface area contributed by atoms with Gasteiger partial charge >= 0.3 is 6.18 Å².